The SMILES string of the molecule is O=C1CCC(O)(Cc2cc(Cl)cc3c2OCC3)CC1. The predicted molar refractivity (Wildman–Crippen MR) is 72.8 cm³/mol. The molecule has 4 heteroatoms. The number of fused-ring (bicyclic) bond motifs is 1. The molecule has 2 aliphatic rings. The highest BCUT2D eigenvalue weighted by Crippen LogP contribution is 2.37. The van der Waals surface area contributed by atoms with Gasteiger partial charge in [0.15, 0.2) is 0 Å². The summed E-state index contributed by atoms with van der Waals surface area (Å²) in [5.74, 6) is 1.13. The molecule has 3 nitrogen and oxygen atoms in total. The molecule has 0 saturated heterocycles. The first-order valence-electron chi connectivity index (χ1n) is 6.74. The Kier molecular flexibility index (Phi) is 3.27. The van der Waals surface area contributed by atoms with Gasteiger partial charge in [0.05, 0.1) is 12.2 Å². The van der Waals surface area contributed by atoms with E-state index in [0.29, 0.717) is 43.7 Å². The summed E-state index contributed by atoms with van der Waals surface area (Å²) in [4.78, 5) is 11.3. The van der Waals surface area contributed by atoms with Crippen LogP contribution >= 0.6 is 11.6 Å². The van der Waals surface area contributed by atoms with Crippen molar-refractivity contribution in [3.05, 3.63) is 28.3 Å². The van der Waals surface area contributed by atoms with Crippen LogP contribution in [0.1, 0.15) is 36.8 Å². The molecule has 0 amide bonds. The molecule has 0 radical (unpaired) electrons. The van der Waals surface area contributed by atoms with Crippen LogP contribution in [-0.4, -0.2) is 23.1 Å². The van der Waals surface area contributed by atoms with Gasteiger partial charge in [-0.25, -0.2) is 0 Å². The first kappa shape index (κ1) is 12.9. The lowest BCUT2D eigenvalue weighted by Crippen LogP contribution is -2.36. The zero-order valence-electron chi connectivity index (χ0n) is 10.7. The van der Waals surface area contributed by atoms with Gasteiger partial charge < -0.3 is 9.84 Å². The summed E-state index contributed by atoms with van der Waals surface area (Å²) in [6.45, 7) is 0.680. The van der Waals surface area contributed by atoms with Gasteiger partial charge in [-0.15, -0.1) is 0 Å². The van der Waals surface area contributed by atoms with Gasteiger partial charge in [-0.2, -0.15) is 0 Å². The molecule has 1 saturated carbocycles. The van der Waals surface area contributed by atoms with E-state index in [9.17, 15) is 9.90 Å². The average molecular weight is 281 g/mol. The maximum atomic E-state index is 11.3. The van der Waals surface area contributed by atoms with Crippen molar-refractivity contribution in [1.82, 2.24) is 0 Å². The molecular formula is C15H17ClO3. The third-order valence-electron chi connectivity index (χ3n) is 4.08. The molecule has 0 spiro atoms. The van der Waals surface area contributed by atoms with E-state index in [0.717, 1.165) is 23.3 Å². The summed E-state index contributed by atoms with van der Waals surface area (Å²) in [6, 6.07) is 3.81. The van der Waals surface area contributed by atoms with Crippen molar-refractivity contribution in [2.45, 2.75) is 44.1 Å². The Morgan fingerprint density at radius 2 is 2.00 bits per heavy atom. The van der Waals surface area contributed by atoms with Crippen LogP contribution in [0.5, 0.6) is 5.75 Å². The van der Waals surface area contributed by atoms with Gasteiger partial charge in [-0.05, 0) is 36.1 Å². The van der Waals surface area contributed by atoms with Crippen molar-refractivity contribution < 1.29 is 14.6 Å². The molecule has 3 rings (SSSR count). The van der Waals surface area contributed by atoms with Crippen LogP contribution in [0.3, 0.4) is 0 Å². The Morgan fingerprint density at radius 1 is 1.26 bits per heavy atom. The standard InChI is InChI=1S/C15H17ClO3/c16-12-7-10-3-6-19-14(10)11(8-12)9-15(18)4-1-13(17)2-5-15/h7-8,18H,1-6,9H2. The highest BCUT2D eigenvalue weighted by atomic mass is 35.5. The first-order valence-corrected chi connectivity index (χ1v) is 7.12. The molecule has 19 heavy (non-hydrogen) atoms. The molecule has 1 fully saturated rings. The zero-order valence-corrected chi connectivity index (χ0v) is 11.5. The largest absolute Gasteiger partial charge is 0.493 e. The Bertz CT molecular complexity index is 514. The van der Waals surface area contributed by atoms with Crippen LogP contribution in [0.4, 0.5) is 0 Å². The summed E-state index contributed by atoms with van der Waals surface area (Å²) < 4.78 is 5.66. The topological polar surface area (TPSA) is 46.5 Å². The second-order valence-corrected chi connectivity index (χ2v) is 6.03. The van der Waals surface area contributed by atoms with Gasteiger partial charge in [-0.1, -0.05) is 11.6 Å². The van der Waals surface area contributed by atoms with Gasteiger partial charge in [-0.3, -0.25) is 4.79 Å². The fourth-order valence-electron chi connectivity index (χ4n) is 3.00. The third-order valence-corrected chi connectivity index (χ3v) is 4.30. The Hall–Kier alpha value is -1.06. The predicted octanol–water partition coefficient (Wildman–Crippen LogP) is 2.69. The molecule has 1 aromatic rings. The van der Waals surface area contributed by atoms with Crippen molar-refractivity contribution in [2.24, 2.45) is 0 Å². The first-order chi connectivity index (χ1) is 9.06. The van der Waals surface area contributed by atoms with E-state index >= 15 is 0 Å². The van der Waals surface area contributed by atoms with Crippen LogP contribution < -0.4 is 4.74 Å². The number of rotatable bonds is 2. The summed E-state index contributed by atoms with van der Waals surface area (Å²) in [5, 5.41) is 11.3. The molecule has 1 N–H and O–H groups in total. The van der Waals surface area contributed by atoms with E-state index in [1.165, 1.54) is 0 Å². The number of Topliss-reactive ketones (excluding diaryl/α,β-unsaturated/α-hetero) is 1. The summed E-state index contributed by atoms with van der Waals surface area (Å²) >= 11 is 6.12. The molecule has 1 aromatic carbocycles. The Labute approximate surface area is 117 Å². The Morgan fingerprint density at radius 3 is 2.74 bits per heavy atom. The van der Waals surface area contributed by atoms with E-state index < -0.39 is 5.60 Å². The fourth-order valence-corrected chi connectivity index (χ4v) is 3.27. The number of benzene rings is 1. The monoisotopic (exact) mass is 280 g/mol. The minimum atomic E-state index is -0.793. The maximum Gasteiger partial charge on any atom is 0.133 e. The van der Waals surface area contributed by atoms with Crippen molar-refractivity contribution in [2.75, 3.05) is 6.61 Å². The van der Waals surface area contributed by atoms with Crippen LogP contribution in [0.2, 0.25) is 5.02 Å². The van der Waals surface area contributed by atoms with Gasteiger partial charge >= 0.3 is 0 Å². The number of aliphatic hydroxyl groups is 1. The number of hydrogen-bond acceptors (Lipinski definition) is 3. The highest BCUT2D eigenvalue weighted by Gasteiger charge is 2.34. The molecule has 1 heterocycles. The van der Waals surface area contributed by atoms with Gasteiger partial charge in [0.1, 0.15) is 11.5 Å². The number of carbonyl (C=O) groups is 1. The summed E-state index contributed by atoms with van der Waals surface area (Å²) in [6.07, 6.45) is 3.41. The van der Waals surface area contributed by atoms with E-state index in [1.807, 2.05) is 12.1 Å². The normalized spacial score (nSPS) is 21.1. The lowest BCUT2D eigenvalue weighted by molar-refractivity contribution is -0.125. The number of carbonyl (C=O) groups excluding carboxylic acids is 1. The minimum Gasteiger partial charge on any atom is -0.493 e. The quantitative estimate of drug-likeness (QED) is 0.906. The second kappa shape index (κ2) is 4.80. The van der Waals surface area contributed by atoms with Crippen molar-refractivity contribution >= 4 is 17.4 Å². The van der Waals surface area contributed by atoms with Crippen molar-refractivity contribution in [1.29, 1.82) is 0 Å². The lowest BCUT2D eigenvalue weighted by atomic mass is 9.79. The van der Waals surface area contributed by atoms with E-state index in [1.54, 1.807) is 0 Å². The number of halogens is 1. The van der Waals surface area contributed by atoms with E-state index in [-0.39, 0.29) is 5.78 Å². The molecule has 1 aliphatic carbocycles. The summed E-state index contributed by atoms with van der Waals surface area (Å²) in [5.41, 5.74) is 1.30. The molecule has 0 aromatic heterocycles. The fraction of sp³-hybridized carbons (Fsp3) is 0.533. The summed E-state index contributed by atoms with van der Waals surface area (Å²) in [7, 11) is 0. The molecule has 0 unspecified atom stereocenters. The smallest absolute Gasteiger partial charge is 0.133 e. The third kappa shape index (κ3) is 2.63. The van der Waals surface area contributed by atoms with Crippen molar-refractivity contribution in [3.8, 4) is 5.75 Å². The van der Waals surface area contributed by atoms with E-state index in [2.05, 4.69) is 0 Å². The zero-order chi connectivity index (χ0) is 13.5. The molecule has 0 atom stereocenters. The Balaban J connectivity index is 1.85. The van der Waals surface area contributed by atoms with Gasteiger partial charge in [0.2, 0.25) is 0 Å². The van der Waals surface area contributed by atoms with Gasteiger partial charge in [0.25, 0.3) is 0 Å². The maximum absolute atomic E-state index is 11.3. The van der Waals surface area contributed by atoms with Crippen LogP contribution in [0, 0.1) is 0 Å². The lowest BCUT2D eigenvalue weighted by Gasteiger charge is -2.32. The second-order valence-electron chi connectivity index (χ2n) is 5.59. The van der Waals surface area contributed by atoms with Crippen molar-refractivity contribution in [3.63, 3.8) is 0 Å². The van der Waals surface area contributed by atoms with Crippen LogP contribution in [0.25, 0.3) is 0 Å². The molecule has 1 aliphatic heterocycles. The molecule has 102 valence electrons. The average Bonchev–Trinajstić information content (AvgIpc) is 2.81. The number of ketones is 1. The number of ether oxygens (including phenoxy) is 1. The molecule has 0 bridgehead atoms. The number of hydrogen-bond donors (Lipinski definition) is 1. The van der Waals surface area contributed by atoms with E-state index in [4.69, 9.17) is 16.3 Å². The highest BCUT2D eigenvalue weighted by molar-refractivity contribution is 6.30. The van der Waals surface area contributed by atoms with Gasteiger partial charge in [0, 0.05) is 30.7 Å². The van der Waals surface area contributed by atoms with Crippen LogP contribution in [-0.2, 0) is 17.6 Å². The van der Waals surface area contributed by atoms with Crippen LogP contribution in [0.15, 0.2) is 12.1 Å². The minimum absolute atomic E-state index is 0.247. The molecular weight excluding hydrogens is 264 g/mol.